The lowest BCUT2D eigenvalue weighted by Gasteiger charge is -2.31. The largest absolute Gasteiger partial charge is 0.498 e. The molecule has 8 nitrogen and oxygen atoms in total. The van der Waals surface area contributed by atoms with E-state index in [1.54, 1.807) is 0 Å². The Morgan fingerprint density at radius 1 is 0.667 bits per heavy atom. The summed E-state index contributed by atoms with van der Waals surface area (Å²) in [6.45, 7) is 7.39. The van der Waals surface area contributed by atoms with Gasteiger partial charge in [-0.1, -0.05) is 96.8 Å². The molecule has 1 heterocycles. The van der Waals surface area contributed by atoms with Crippen LogP contribution in [0.2, 0.25) is 6.04 Å². The summed E-state index contributed by atoms with van der Waals surface area (Å²) >= 11 is 0. The molecule has 0 aromatic carbocycles. The molecule has 2 N–H and O–H groups in total. The molecule has 1 aliphatic rings. The molecule has 1 saturated heterocycles. The van der Waals surface area contributed by atoms with Gasteiger partial charge in [-0.15, -0.1) is 0 Å². The zero-order chi connectivity index (χ0) is 30.6. The predicted octanol–water partition coefficient (Wildman–Crippen LogP) is 6.49. The Labute approximate surface area is 260 Å². The third kappa shape index (κ3) is 24.2. The maximum atomic E-state index is 11.1. The monoisotopic (exact) mass is 620 g/mol. The molecule has 252 valence electrons. The van der Waals surface area contributed by atoms with Crippen LogP contribution in [-0.4, -0.2) is 109 Å². The van der Waals surface area contributed by atoms with Crippen LogP contribution in [0.1, 0.15) is 122 Å². The SMILES string of the molecule is CCCCCCCCCCCCCCCCCC[N+](C)(C)CCC[Si]1(O)OCCOC(COCCOCCO)CCO1. The summed E-state index contributed by atoms with van der Waals surface area (Å²) < 4.78 is 29.4. The first-order valence-electron chi connectivity index (χ1n) is 17.6. The lowest BCUT2D eigenvalue weighted by Crippen LogP contribution is -2.46. The molecule has 9 heteroatoms. The van der Waals surface area contributed by atoms with Gasteiger partial charge in [-0.05, 0) is 19.3 Å². The maximum absolute atomic E-state index is 11.1. The van der Waals surface area contributed by atoms with Gasteiger partial charge in [0.15, 0.2) is 0 Å². The molecule has 1 rings (SSSR count). The number of nitrogens with zero attached hydrogens (tertiary/aromatic N) is 1. The first-order valence-corrected chi connectivity index (χ1v) is 19.6. The normalized spacial score (nSPS) is 20.4. The van der Waals surface area contributed by atoms with Crippen molar-refractivity contribution in [3.63, 3.8) is 0 Å². The van der Waals surface area contributed by atoms with Crippen LogP contribution in [0.4, 0.5) is 0 Å². The quantitative estimate of drug-likeness (QED) is 0.0587. The molecule has 0 aromatic heterocycles. The summed E-state index contributed by atoms with van der Waals surface area (Å²) in [7, 11) is 1.42. The lowest BCUT2D eigenvalue weighted by molar-refractivity contribution is -0.890. The van der Waals surface area contributed by atoms with E-state index in [2.05, 4.69) is 21.0 Å². The van der Waals surface area contributed by atoms with Gasteiger partial charge in [-0.3, -0.25) is 0 Å². The van der Waals surface area contributed by atoms with Crippen molar-refractivity contribution in [2.75, 3.05) is 80.0 Å². The summed E-state index contributed by atoms with van der Waals surface area (Å²) in [4.78, 5) is 11.1. The van der Waals surface area contributed by atoms with Gasteiger partial charge in [0.1, 0.15) is 0 Å². The first-order chi connectivity index (χ1) is 20.4. The van der Waals surface area contributed by atoms with E-state index in [0.29, 0.717) is 58.7 Å². The van der Waals surface area contributed by atoms with Gasteiger partial charge in [0.2, 0.25) is 0 Å². The van der Waals surface area contributed by atoms with Crippen molar-refractivity contribution in [3.05, 3.63) is 0 Å². The van der Waals surface area contributed by atoms with E-state index in [4.69, 9.17) is 28.2 Å². The summed E-state index contributed by atoms with van der Waals surface area (Å²) in [6, 6.07) is 0.594. The first kappa shape index (κ1) is 39.9. The average Bonchev–Trinajstić information content (AvgIpc) is 3.05. The number of ether oxygens (including phenoxy) is 3. The van der Waals surface area contributed by atoms with Crippen LogP contribution in [0.3, 0.4) is 0 Å². The Morgan fingerprint density at radius 2 is 1.19 bits per heavy atom. The second-order valence-corrected chi connectivity index (χ2v) is 15.4. The van der Waals surface area contributed by atoms with E-state index in [1.807, 2.05) is 0 Å². The van der Waals surface area contributed by atoms with Crippen molar-refractivity contribution in [3.8, 4) is 0 Å². The molecule has 1 aliphatic heterocycles. The highest BCUT2D eigenvalue weighted by Crippen LogP contribution is 2.19. The molecule has 0 saturated carbocycles. The number of unbranched alkanes of at least 4 members (excludes halogenated alkanes) is 15. The summed E-state index contributed by atoms with van der Waals surface area (Å²) in [6.07, 6.45) is 23.9. The zero-order valence-electron chi connectivity index (χ0n) is 28.0. The third-order valence-electron chi connectivity index (χ3n) is 8.32. The van der Waals surface area contributed by atoms with Crippen LogP contribution in [0, 0.1) is 0 Å². The van der Waals surface area contributed by atoms with E-state index in [1.165, 1.54) is 109 Å². The number of quaternary nitrogens is 1. The third-order valence-corrected chi connectivity index (χ3v) is 10.6. The fourth-order valence-corrected chi connectivity index (χ4v) is 7.41. The molecule has 0 bridgehead atoms. The minimum atomic E-state index is -3.18. The van der Waals surface area contributed by atoms with Crippen molar-refractivity contribution in [1.29, 1.82) is 0 Å². The van der Waals surface area contributed by atoms with Gasteiger partial charge >= 0.3 is 8.80 Å². The van der Waals surface area contributed by atoms with Crippen LogP contribution in [0.15, 0.2) is 0 Å². The van der Waals surface area contributed by atoms with Crippen LogP contribution < -0.4 is 0 Å². The average molecular weight is 621 g/mol. The van der Waals surface area contributed by atoms with E-state index in [-0.39, 0.29) is 12.7 Å². The van der Waals surface area contributed by atoms with Crippen LogP contribution in [0.25, 0.3) is 0 Å². The molecule has 0 aliphatic carbocycles. The van der Waals surface area contributed by atoms with Gasteiger partial charge in [-0.2, -0.15) is 0 Å². The van der Waals surface area contributed by atoms with Crippen molar-refractivity contribution in [1.82, 2.24) is 0 Å². The molecular weight excluding hydrogens is 550 g/mol. The fourth-order valence-electron chi connectivity index (χ4n) is 5.60. The zero-order valence-corrected chi connectivity index (χ0v) is 29.0. The molecule has 0 spiro atoms. The van der Waals surface area contributed by atoms with Gasteiger partial charge in [-0.25, -0.2) is 0 Å². The number of hydrogen-bond donors (Lipinski definition) is 2. The number of rotatable bonds is 28. The molecule has 42 heavy (non-hydrogen) atoms. The highest BCUT2D eigenvalue weighted by atomic mass is 28.4. The Bertz CT molecular complexity index is 587. The second-order valence-electron chi connectivity index (χ2n) is 12.9. The Balaban J connectivity index is 2.03. The molecular formula is C33H70NO7Si+. The Hall–Kier alpha value is -0.103. The lowest BCUT2D eigenvalue weighted by atomic mass is 10.0. The number of aliphatic hydroxyl groups is 1. The van der Waals surface area contributed by atoms with E-state index < -0.39 is 8.80 Å². The minimum absolute atomic E-state index is 0.0198. The molecule has 0 radical (unpaired) electrons. The number of hydrogen-bond acceptors (Lipinski definition) is 7. The highest BCUT2D eigenvalue weighted by molar-refractivity contribution is 6.59. The van der Waals surface area contributed by atoms with Gasteiger partial charge in [0.05, 0.1) is 79.5 Å². The number of aliphatic hydroxyl groups excluding tert-OH is 1. The van der Waals surface area contributed by atoms with Gasteiger partial charge < -0.3 is 37.4 Å². The highest BCUT2D eigenvalue weighted by Gasteiger charge is 2.38. The summed E-state index contributed by atoms with van der Waals surface area (Å²) in [5.74, 6) is 0. The Kier molecular flexibility index (Phi) is 25.9. The fraction of sp³-hybridized carbons (Fsp3) is 1.00. The molecule has 0 amide bonds. The van der Waals surface area contributed by atoms with Crippen molar-refractivity contribution in [2.24, 2.45) is 0 Å². The van der Waals surface area contributed by atoms with Crippen molar-refractivity contribution in [2.45, 2.75) is 135 Å². The minimum Gasteiger partial charge on any atom is -0.394 e. The standard InChI is InChI=1S/C33H70NO7Si/c1-4-5-6-7-8-9-10-11-12-13-14-15-16-17-18-19-22-34(2,3)23-20-31-42(36)40-25-21-33(39-29-30-41-42)32-38-28-27-37-26-24-35/h33,35-36H,4-32H2,1-3H3/q+1. The van der Waals surface area contributed by atoms with E-state index in [9.17, 15) is 4.80 Å². The maximum Gasteiger partial charge on any atom is 0.498 e. The summed E-state index contributed by atoms with van der Waals surface area (Å²) in [5.41, 5.74) is 0. The molecule has 2 unspecified atom stereocenters. The van der Waals surface area contributed by atoms with Crippen LogP contribution in [0.5, 0.6) is 0 Å². The smallest absolute Gasteiger partial charge is 0.394 e. The molecule has 2 atom stereocenters. The van der Waals surface area contributed by atoms with Crippen molar-refractivity contribution >= 4 is 8.80 Å². The van der Waals surface area contributed by atoms with Crippen molar-refractivity contribution < 1.29 is 37.4 Å². The van der Waals surface area contributed by atoms with E-state index in [0.717, 1.165) is 17.4 Å². The predicted molar refractivity (Wildman–Crippen MR) is 174 cm³/mol. The van der Waals surface area contributed by atoms with E-state index >= 15 is 0 Å². The van der Waals surface area contributed by atoms with Gasteiger partial charge in [0.25, 0.3) is 0 Å². The topological polar surface area (TPSA) is 86.6 Å². The molecule has 0 aromatic rings. The van der Waals surface area contributed by atoms with Gasteiger partial charge in [0, 0.05) is 19.1 Å². The van der Waals surface area contributed by atoms with Crippen LogP contribution in [-0.2, 0) is 23.1 Å². The summed E-state index contributed by atoms with van der Waals surface area (Å²) in [5, 5.41) is 8.74. The second kappa shape index (κ2) is 27.2. The molecule has 1 fully saturated rings. The Morgan fingerprint density at radius 3 is 1.79 bits per heavy atom. The van der Waals surface area contributed by atoms with Crippen LogP contribution >= 0.6 is 0 Å².